The van der Waals surface area contributed by atoms with E-state index in [1.807, 2.05) is 60.7 Å². The van der Waals surface area contributed by atoms with Crippen molar-refractivity contribution in [3.05, 3.63) is 72.4 Å². The van der Waals surface area contributed by atoms with Gasteiger partial charge in [0.25, 0.3) is 0 Å². The van der Waals surface area contributed by atoms with Crippen LogP contribution in [-0.4, -0.2) is 53.9 Å². The highest BCUT2D eigenvalue weighted by molar-refractivity contribution is 5.99. The number of nitrogens with zero attached hydrogens (tertiary/aromatic N) is 1. The SMILES string of the molecule is [2H]N1C[C@H](NC(=O)CN)C[C@H]1C(=O)N[C@@H](CCc1ccccc1)C(=O)Nc1cnc2ccccc2c1. The fourth-order valence-electron chi connectivity index (χ4n) is 4.12. The summed E-state index contributed by atoms with van der Waals surface area (Å²) in [5, 5.41) is 10.5. The van der Waals surface area contributed by atoms with Gasteiger partial charge in [0.05, 0.1) is 30.0 Å². The highest BCUT2D eigenvalue weighted by Gasteiger charge is 2.32. The first-order valence-corrected chi connectivity index (χ1v) is 11.7. The van der Waals surface area contributed by atoms with Crippen LogP contribution in [0.1, 0.15) is 18.4 Å². The number of aryl methyl sites for hydroxylation is 1. The van der Waals surface area contributed by atoms with Gasteiger partial charge in [0.15, 0.2) is 0 Å². The summed E-state index contributed by atoms with van der Waals surface area (Å²) in [5.41, 5.74) is 7.75. The number of anilines is 1. The maximum Gasteiger partial charge on any atom is 0.247 e. The Hall–Kier alpha value is -3.82. The van der Waals surface area contributed by atoms with Gasteiger partial charge in [-0.1, -0.05) is 48.5 Å². The molecule has 6 N–H and O–H groups in total. The molecule has 182 valence electrons. The lowest BCUT2D eigenvalue weighted by molar-refractivity contribution is -0.127. The molecule has 3 atom stereocenters. The second kappa shape index (κ2) is 11.5. The third-order valence-electron chi connectivity index (χ3n) is 5.96. The Morgan fingerprint density at radius 2 is 1.91 bits per heavy atom. The normalized spacial score (nSPS) is 19.1. The molecular formula is C26H30N6O3. The summed E-state index contributed by atoms with van der Waals surface area (Å²) in [4.78, 5) is 42.4. The molecular weight excluding hydrogens is 444 g/mol. The van der Waals surface area contributed by atoms with Crippen LogP contribution < -0.4 is 27.0 Å². The van der Waals surface area contributed by atoms with Crippen molar-refractivity contribution in [3.8, 4) is 0 Å². The van der Waals surface area contributed by atoms with Crippen molar-refractivity contribution in [1.29, 1.82) is 0 Å². The molecule has 3 aromatic rings. The summed E-state index contributed by atoms with van der Waals surface area (Å²) in [6, 6.07) is 17.2. The fourth-order valence-corrected chi connectivity index (χ4v) is 4.12. The molecule has 1 aromatic heterocycles. The molecule has 0 aliphatic carbocycles. The number of amides is 3. The summed E-state index contributed by atoms with van der Waals surface area (Å²) in [5.74, 6) is -1.13. The number of aromatic nitrogens is 1. The number of carbonyl (C=O) groups excluding carboxylic acids is 3. The van der Waals surface area contributed by atoms with E-state index < -0.39 is 18.0 Å². The Morgan fingerprint density at radius 3 is 2.71 bits per heavy atom. The number of nitrogens with two attached hydrogens (primary N) is 1. The van der Waals surface area contributed by atoms with Gasteiger partial charge in [-0.2, -0.15) is 0 Å². The summed E-state index contributed by atoms with van der Waals surface area (Å²) < 4.78 is 8.18. The summed E-state index contributed by atoms with van der Waals surface area (Å²) in [7, 11) is 0. The van der Waals surface area contributed by atoms with Crippen molar-refractivity contribution in [2.24, 2.45) is 5.73 Å². The minimum Gasteiger partial charge on any atom is -0.351 e. The molecule has 1 aliphatic heterocycles. The lowest BCUT2D eigenvalue weighted by atomic mass is 10.0. The quantitative estimate of drug-likeness (QED) is 0.314. The Morgan fingerprint density at radius 1 is 1.14 bits per heavy atom. The molecule has 4 rings (SSSR count). The van der Waals surface area contributed by atoms with E-state index >= 15 is 0 Å². The van der Waals surface area contributed by atoms with Gasteiger partial charge >= 0.3 is 0 Å². The van der Waals surface area contributed by atoms with E-state index in [1.54, 1.807) is 6.20 Å². The second-order valence-corrected chi connectivity index (χ2v) is 8.58. The van der Waals surface area contributed by atoms with Crippen molar-refractivity contribution < 1.29 is 15.8 Å². The highest BCUT2D eigenvalue weighted by Crippen LogP contribution is 2.17. The van der Waals surface area contributed by atoms with E-state index in [-0.39, 0.29) is 37.4 Å². The maximum atomic E-state index is 13.3. The third kappa shape index (κ3) is 6.62. The Balaban J connectivity index is 1.46. The van der Waals surface area contributed by atoms with Crippen molar-refractivity contribution in [1.82, 2.24) is 20.9 Å². The Bertz CT molecular complexity index is 1220. The van der Waals surface area contributed by atoms with Gasteiger partial charge in [-0.05, 0) is 37.0 Å². The first-order valence-electron chi connectivity index (χ1n) is 12.1. The maximum absolute atomic E-state index is 13.3. The predicted octanol–water partition coefficient (Wildman–Crippen LogP) is 1.10. The van der Waals surface area contributed by atoms with E-state index in [1.165, 1.54) is 0 Å². The van der Waals surface area contributed by atoms with Crippen LogP contribution in [0.4, 0.5) is 5.69 Å². The smallest absolute Gasteiger partial charge is 0.247 e. The van der Waals surface area contributed by atoms with E-state index in [2.05, 4.69) is 20.9 Å². The van der Waals surface area contributed by atoms with Crippen molar-refractivity contribution in [3.63, 3.8) is 0 Å². The topological polar surface area (TPSA) is 138 Å². The summed E-state index contributed by atoms with van der Waals surface area (Å²) in [6.45, 7) is 0.0458. The molecule has 9 heteroatoms. The van der Waals surface area contributed by atoms with E-state index in [4.69, 9.17) is 7.15 Å². The summed E-state index contributed by atoms with van der Waals surface area (Å²) in [6.07, 6.45) is 2.81. The lowest BCUT2D eigenvalue weighted by Crippen LogP contribution is -2.50. The number of pyridine rings is 1. The number of fused-ring (bicyclic) bond motifs is 1. The molecule has 0 unspecified atom stereocenters. The summed E-state index contributed by atoms with van der Waals surface area (Å²) >= 11 is 0. The zero-order valence-corrected chi connectivity index (χ0v) is 19.3. The first-order chi connectivity index (χ1) is 17.4. The van der Waals surface area contributed by atoms with Gasteiger partial charge in [-0.25, -0.2) is 0 Å². The van der Waals surface area contributed by atoms with E-state index in [0.717, 1.165) is 21.8 Å². The van der Waals surface area contributed by atoms with Crippen LogP contribution >= 0.6 is 0 Å². The minimum absolute atomic E-state index is 0.156. The number of benzene rings is 2. The van der Waals surface area contributed by atoms with Gasteiger partial charge in [-0.3, -0.25) is 19.4 Å². The molecule has 0 radical (unpaired) electrons. The van der Waals surface area contributed by atoms with Crippen LogP contribution in [0.2, 0.25) is 1.41 Å². The molecule has 1 fully saturated rings. The van der Waals surface area contributed by atoms with Gasteiger partial charge < -0.3 is 27.0 Å². The number of carbonyl (C=O) groups is 3. The first kappa shape index (κ1) is 22.9. The lowest BCUT2D eigenvalue weighted by Gasteiger charge is -2.21. The molecule has 1 saturated heterocycles. The Kier molecular flexibility index (Phi) is 7.57. The monoisotopic (exact) mass is 475 g/mol. The van der Waals surface area contributed by atoms with Crippen molar-refractivity contribution >= 4 is 34.3 Å². The van der Waals surface area contributed by atoms with Crippen LogP contribution in [0.15, 0.2) is 66.9 Å². The van der Waals surface area contributed by atoms with Crippen LogP contribution in [0.5, 0.6) is 0 Å². The predicted molar refractivity (Wildman–Crippen MR) is 134 cm³/mol. The number of nitrogens with one attached hydrogen (secondary N) is 4. The Labute approximate surface area is 205 Å². The number of para-hydroxylation sites is 1. The number of hydrogen-bond donors (Lipinski definition) is 5. The highest BCUT2D eigenvalue weighted by atomic mass is 16.2. The van der Waals surface area contributed by atoms with Crippen molar-refractivity contribution in [2.75, 3.05) is 18.4 Å². The van der Waals surface area contributed by atoms with Gasteiger partial charge in [-0.15, -0.1) is 0 Å². The molecule has 35 heavy (non-hydrogen) atoms. The number of hydrogen-bond acceptors (Lipinski definition) is 6. The molecule has 3 amide bonds. The van der Waals surface area contributed by atoms with E-state index in [0.29, 0.717) is 18.5 Å². The molecule has 0 saturated carbocycles. The largest absolute Gasteiger partial charge is 0.351 e. The second-order valence-electron chi connectivity index (χ2n) is 8.58. The van der Waals surface area contributed by atoms with Crippen LogP contribution in [-0.2, 0) is 20.8 Å². The third-order valence-corrected chi connectivity index (χ3v) is 5.96. The molecule has 2 heterocycles. The van der Waals surface area contributed by atoms with Gasteiger partial charge in [0.1, 0.15) is 7.45 Å². The average Bonchev–Trinajstić information content (AvgIpc) is 3.26. The van der Waals surface area contributed by atoms with Gasteiger partial charge in [0, 0.05) is 18.0 Å². The molecule has 0 bridgehead atoms. The zero-order valence-electron chi connectivity index (χ0n) is 20.3. The van der Waals surface area contributed by atoms with Crippen molar-refractivity contribution in [2.45, 2.75) is 37.4 Å². The molecule has 9 nitrogen and oxygen atoms in total. The zero-order chi connectivity index (χ0) is 25.5. The minimum atomic E-state index is -0.824. The van der Waals surface area contributed by atoms with Gasteiger partial charge in [0.2, 0.25) is 17.7 Å². The number of rotatable bonds is 9. The standard InChI is InChI=1S/C26H30N6O3/c27-14-24(33)30-20-13-23(29-16-20)26(35)32-22(11-10-17-6-2-1-3-7-17)25(34)31-19-12-18-8-4-5-9-21(18)28-15-19/h1-9,12,15,20,22-23,29H,10-11,13-14,16,27H2,(H,30,33)(H,31,34)(H,32,35)/t20-,22+,23+/m1/s1/i/hD. The molecule has 0 spiro atoms. The average molecular weight is 476 g/mol. The fraction of sp³-hybridized carbons (Fsp3) is 0.308. The van der Waals surface area contributed by atoms with Crippen LogP contribution in [0.3, 0.4) is 0 Å². The van der Waals surface area contributed by atoms with E-state index in [9.17, 15) is 14.4 Å². The van der Waals surface area contributed by atoms with Crippen LogP contribution in [0.25, 0.3) is 10.9 Å². The molecule has 2 aromatic carbocycles. The molecule has 1 aliphatic rings. The van der Waals surface area contributed by atoms with Crippen LogP contribution in [0, 0.1) is 0 Å².